The van der Waals surface area contributed by atoms with Gasteiger partial charge in [0.05, 0.1) is 6.04 Å². The second kappa shape index (κ2) is 6.18. The summed E-state index contributed by atoms with van der Waals surface area (Å²) in [6.07, 6.45) is 0. The molecule has 0 radical (unpaired) electrons. The van der Waals surface area contributed by atoms with E-state index in [9.17, 15) is 9.90 Å². The van der Waals surface area contributed by atoms with Crippen LogP contribution in [0.2, 0.25) is 0 Å². The first-order valence-electron chi connectivity index (χ1n) is 7.49. The highest BCUT2D eigenvalue weighted by Crippen LogP contribution is 2.33. The molecule has 2 N–H and O–H groups in total. The van der Waals surface area contributed by atoms with Crippen LogP contribution < -0.4 is 5.32 Å². The number of hydrogen-bond acceptors (Lipinski definition) is 3. The summed E-state index contributed by atoms with van der Waals surface area (Å²) in [5.74, 6) is 0.447. The lowest BCUT2D eigenvalue weighted by molar-refractivity contribution is -0.121. The van der Waals surface area contributed by atoms with Gasteiger partial charge in [-0.05, 0) is 23.3 Å². The van der Waals surface area contributed by atoms with Crippen LogP contribution in [0.5, 0.6) is 5.75 Å². The molecule has 1 aromatic rings. The molecule has 1 rings (SSSR count). The lowest BCUT2D eigenvalue weighted by Gasteiger charge is -2.30. The Morgan fingerprint density at radius 1 is 1.19 bits per heavy atom. The predicted octanol–water partition coefficient (Wildman–Crippen LogP) is 3.78. The third-order valence-corrected chi connectivity index (χ3v) is 3.70. The summed E-state index contributed by atoms with van der Waals surface area (Å²) >= 11 is 0. The van der Waals surface area contributed by atoms with Crippen LogP contribution in [0.1, 0.15) is 59.6 Å². The lowest BCUT2D eigenvalue weighted by atomic mass is 9.83. The number of ketones is 1. The van der Waals surface area contributed by atoms with Gasteiger partial charge in [-0.25, -0.2) is 0 Å². The predicted molar refractivity (Wildman–Crippen MR) is 87.6 cm³/mol. The van der Waals surface area contributed by atoms with E-state index in [0.717, 1.165) is 11.1 Å². The van der Waals surface area contributed by atoms with Crippen molar-refractivity contribution in [2.24, 2.45) is 5.41 Å². The minimum Gasteiger partial charge on any atom is -0.507 e. The molecule has 1 atom stereocenters. The first-order valence-corrected chi connectivity index (χ1v) is 7.49. The first-order chi connectivity index (χ1) is 9.44. The Hall–Kier alpha value is -1.35. The molecule has 3 heteroatoms. The zero-order valence-electron chi connectivity index (χ0n) is 14.4. The number of para-hydroxylation sites is 1. The van der Waals surface area contributed by atoms with Crippen molar-refractivity contribution < 1.29 is 9.90 Å². The normalized spacial score (nSPS) is 14.0. The Kier molecular flexibility index (Phi) is 5.21. The molecule has 21 heavy (non-hydrogen) atoms. The highest BCUT2D eigenvalue weighted by Gasteiger charge is 2.28. The molecule has 0 aromatic heterocycles. The van der Waals surface area contributed by atoms with Gasteiger partial charge in [0.1, 0.15) is 11.5 Å². The second-order valence-electron chi connectivity index (χ2n) is 7.85. The standard InChI is InChI=1S/C18H29NO2/c1-12(20)16(18(5,6)7)19-11-13-9-8-10-14(15(13)21)17(2,3)4/h8-10,16,19,21H,11H2,1-7H3/t16-/m1/s1. The number of nitrogens with one attached hydrogen (secondary N) is 1. The summed E-state index contributed by atoms with van der Waals surface area (Å²) < 4.78 is 0. The Balaban J connectivity index is 2.97. The van der Waals surface area contributed by atoms with Gasteiger partial charge in [0.2, 0.25) is 0 Å². The van der Waals surface area contributed by atoms with Gasteiger partial charge in [0.15, 0.2) is 0 Å². The van der Waals surface area contributed by atoms with Crippen molar-refractivity contribution >= 4 is 5.78 Å². The zero-order valence-corrected chi connectivity index (χ0v) is 14.4. The molecular weight excluding hydrogens is 262 g/mol. The quantitative estimate of drug-likeness (QED) is 0.887. The van der Waals surface area contributed by atoms with Gasteiger partial charge in [-0.1, -0.05) is 59.7 Å². The summed E-state index contributed by atoms with van der Waals surface area (Å²) in [5, 5.41) is 13.7. The molecule has 0 fully saturated rings. The fourth-order valence-electron chi connectivity index (χ4n) is 2.61. The summed E-state index contributed by atoms with van der Waals surface area (Å²) in [5.41, 5.74) is 1.50. The zero-order chi connectivity index (χ0) is 16.4. The Morgan fingerprint density at radius 3 is 2.19 bits per heavy atom. The maximum atomic E-state index is 11.8. The van der Waals surface area contributed by atoms with E-state index in [1.807, 2.05) is 39.0 Å². The number of carbonyl (C=O) groups excluding carboxylic acids is 1. The molecule has 0 aliphatic carbocycles. The summed E-state index contributed by atoms with van der Waals surface area (Å²) in [6.45, 7) is 14.4. The van der Waals surface area contributed by atoms with Crippen LogP contribution in [0.15, 0.2) is 18.2 Å². The SMILES string of the molecule is CC(=O)[C@@H](NCc1cccc(C(C)(C)C)c1O)C(C)(C)C. The Bertz CT molecular complexity index is 507. The van der Waals surface area contributed by atoms with E-state index in [-0.39, 0.29) is 22.7 Å². The molecule has 0 saturated heterocycles. The van der Waals surface area contributed by atoms with Gasteiger partial charge in [-0.2, -0.15) is 0 Å². The molecule has 0 aliphatic heterocycles. The number of benzene rings is 1. The Morgan fingerprint density at radius 2 is 1.76 bits per heavy atom. The molecule has 3 nitrogen and oxygen atoms in total. The lowest BCUT2D eigenvalue weighted by Crippen LogP contribution is -2.45. The van der Waals surface area contributed by atoms with Crippen LogP contribution in [0, 0.1) is 5.41 Å². The van der Waals surface area contributed by atoms with Crippen LogP contribution in [-0.4, -0.2) is 16.9 Å². The van der Waals surface area contributed by atoms with E-state index in [2.05, 4.69) is 26.1 Å². The first kappa shape index (κ1) is 17.7. The third kappa shape index (κ3) is 4.57. The number of phenols is 1. The van der Waals surface area contributed by atoms with Gasteiger partial charge in [-0.15, -0.1) is 0 Å². The van der Waals surface area contributed by atoms with Crippen LogP contribution in [-0.2, 0) is 16.8 Å². The number of hydrogen-bond donors (Lipinski definition) is 2. The van der Waals surface area contributed by atoms with Crippen LogP contribution >= 0.6 is 0 Å². The van der Waals surface area contributed by atoms with E-state index in [0.29, 0.717) is 12.3 Å². The Labute approximate surface area is 128 Å². The molecule has 0 heterocycles. The van der Waals surface area contributed by atoms with Gasteiger partial charge in [0, 0.05) is 12.1 Å². The summed E-state index contributed by atoms with van der Waals surface area (Å²) in [7, 11) is 0. The molecular formula is C18H29NO2. The summed E-state index contributed by atoms with van der Waals surface area (Å²) in [4.78, 5) is 11.8. The van der Waals surface area contributed by atoms with E-state index < -0.39 is 0 Å². The minimum atomic E-state index is -0.227. The molecule has 0 amide bonds. The van der Waals surface area contributed by atoms with E-state index in [1.165, 1.54) is 0 Å². The maximum Gasteiger partial charge on any atom is 0.147 e. The molecule has 1 aromatic carbocycles. The minimum absolute atomic E-state index is 0.107. The molecule has 0 aliphatic rings. The highest BCUT2D eigenvalue weighted by molar-refractivity contribution is 5.82. The van der Waals surface area contributed by atoms with Gasteiger partial charge >= 0.3 is 0 Å². The van der Waals surface area contributed by atoms with Crippen molar-refractivity contribution in [2.45, 2.75) is 66.5 Å². The van der Waals surface area contributed by atoms with E-state index in [1.54, 1.807) is 6.92 Å². The van der Waals surface area contributed by atoms with Crippen molar-refractivity contribution in [3.8, 4) is 5.75 Å². The fraction of sp³-hybridized carbons (Fsp3) is 0.611. The van der Waals surface area contributed by atoms with E-state index >= 15 is 0 Å². The van der Waals surface area contributed by atoms with Crippen molar-refractivity contribution in [2.75, 3.05) is 0 Å². The number of carbonyl (C=O) groups is 1. The van der Waals surface area contributed by atoms with Crippen LogP contribution in [0.3, 0.4) is 0 Å². The number of aromatic hydroxyl groups is 1. The summed E-state index contributed by atoms with van der Waals surface area (Å²) in [6, 6.07) is 5.58. The number of rotatable bonds is 4. The monoisotopic (exact) mass is 291 g/mol. The van der Waals surface area contributed by atoms with Gasteiger partial charge < -0.3 is 10.4 Å². The largest absolute Gasteiger partial charge is 0.507 e. The van der Waals surface area contributed by atoms with Crippen molar-refractivity contribution in [1.82, 2.24) is 5.32 Å². The highest BCUT2D eigenvalue weighted by atomic mass is 16.3. The average molecular weight is 291 g/mol. The van der Waals surface area contributed by atoms with Crippen LogP contribution in [0.4, 0.5) is 0 Å². The molecule has 0 unspecified atom stereocenters. The van der Waals surface area contributed by atoms with Gasteiger partial charge in [-0.3, -0.25) is 4.79 Å². The van der Waals surface area contributed by atoms with Crippen LogP contribution in [0.25, 0.3) is 0 Å². The molecule has 118 valence electrons. The number of Topliss-reactive ketones (excluding diaryl/α,β-unsaturated/α-hetero) is 1. The second-order valence-corrected chi connectivity index (χ2v) is 7.85. The number of phenolic OH excluding ortho intramolecular Hbond substituents is 1. The molecule has 0 saturated carbocycles. The average Bonchev–Trinajstić information content (AvgIpc) is 2.27. The molecule has 0 spiro atoms. The topological polar surface area (TPSA) is 49.3 Å². The van der Waals surface area contributed by atoms with Gasteiger partial charge in [0.25, 0.3) is 0 Å². The van der Waals surface area contributed by atoms with E-state index in [4.69, 9.17) is 0 Å². The molecule has 0 bridgehead atoms. The third-order valence-electron chi connectivity index (χ3n) is 3.70. The maximum absolute atomic E-state index is 11.8. The smallest absolute Gasteiger partial charge is 0.147 e. The van der Waals surface area contributed by atoms with Crippen molar-refractivity contribution in [3.63, 3.8) is 0 Å². The fourth-order valence-corrected chi connectivity index (χ4v) is 2.61. The van der Waals surface area contributed by atoms with Crippen molar-refractivity contribution in [3.05, 3.63) is 29.3 Å². The van der Waals surface area contributed by atoms with Crippen molar-refractivity contribution in [1.29, 1.82) is 0 Å².